The molecule has 0 aliphatic heterocycles. The summed E-state index contributed by atoms with van der Waals surface area (Å²) < 4.78 is 0. The van der Waals surface area contributed by atoms with E-state index in [0.717, 1.165) is 5.57 Å². The average Bonchev–Trinajstić information content (AvgIpc) is 2.35. The molecule has 0 aliphatic carbocycles. The molecule has 0 nitrogen and oxygen atoms in total. The Hall–Kier alpha value is -2.08. The van der Waals surface area contributed by atoms with Crippen molar-refractivity contribution in [3.8, 4) is 0 Å². The van der Waals surface area contributed by atoms with Gasteiger partial charge >= 0.3 is 0 Å². The van der Waals surface area contributed by atoms with E-state index in [9.17, 15) is 0 Å². The third-order valence-electron chi connectivity index (χ3n) is 2.83. The van der Waals surface area contributed by atoms with Crippen molar-refractivity contribution in [1.82, 2.24) is 0 Å². The van der Waals surface area contributed by atoms with Crippen LogP contribution in [0.2, 0.25) is 0 Å². The van der Waals surface area contributed by atoms with Gasteiger partial charge in [-0.2, -0.15) is 0 Å². The van der Waals surface area contributed by atoms with Crippen molar-refractivity contribution in [2.45, 2.75) is 6.92 Å². The van der Waals surface area contributed by atoms with Crippen LogP contribution in [-0.2, 0) is 0 Å². The summed E-state index contributed by atoms with van der Waals surface area (Å²) >= 11 is 0. The molecular formula is C17H16. The molecule has 0 amide bonds. The number of fused-ring (bicyclic) bond motifs is 1. The van der Waals surface area contributed by atoms with Gasteiger partial charge in [0, 0.05) is 0 Å². The zero-order chi connectivity index (χ0) is 12.3. The molecule has 0 aliphatic rings. The minimum Gasteiger partial charge on any atom is -0.0991 e. The lowest BCUT2D eigenvalue weighted by molar-refractivity contribution is 1.59. The predicted octanol–water partition coefficient (Wildman–Crippen LogP) is 5.07. The molecule has 0 saturated heterocycles. The minimum absolute atomic E-state index is 1.08. The molecule has 0 bridgehead atoms. The van der Waals surface area contributed by atoms with E-state index < -0.39 is 0 Å². The third kappa shape index (κ3) is 2.21. The third-order valence-corrected chi connectivity index (χ3v) is 2.83. The van der Waals surface area contributed by atoms with Gasteiger partial charge in [-0.1, -0.05) is 73.4 Å². The fourth-order valence-corrected chi connectivity index (χ4v) is 2.01. The fourth-order valence-electron chi connectivity index (χ4n) is 2.01. The van der Waals surface area contributed by atoms with Gasteiger partial charge in [0.25, 0.3) is 0 Å². The van der Waals surface area contributed by atoms with E-state index in [1.165, 1.54) is 21.9 Å². The van der Waals surface area contributed by atoms with E-state index in [1.807, 2.05) is 13.0 Å². The second-order valence-corrected chi connectivity index (χ2v) is 4.12. The summed E-state index contributed by atoms with van der Waals surface area (Å²) in [5.41, 5.74) is 3.50. The van der Waals surface area contributed by atoms with Gasteiger partial charge in [-0.05, 0) is 28.8 Å². The molecule has 0 spiro atoms. The molecule has 0 saturated carbocycles. The van der Waals surface area contributed by atoms with Crippen molar-refractivity contribution >= 4 is 22.4 Å². The summed E-state index contributed by atoms with van der Waals surface area (Å²) in [6.07, 6.45) is 5.86. The van der Waals surface area contributed by atoms with Gasteiger partial charge in [0.05, 0.1) is 0 Å². The van der Waals surface area contributed by atoms with Crippen LogP contribution < -0.4 is 0 Å². The highest BCUT2D eigenvalue weighted by Crippen LogP contribution is 2.27. The summed E-state index contributed by atoms with van der Waals surface area (Å²) in [5, 5.41) is 2.51. The maximum atomic E-state index is 4.04. The Bertz CT molecular complexity index is 600. The summed E-state index contributed by atoms with van der Waals surface area (Å²) in [6, 6.07) is 12.7. The average molecular weight is 220 g/mol. The molecule has 84 valence electrons. The second-order valence-electron chi connectivity index (χ2n) is 4.12. The Morgan fingerprint density at radius 3 is 2.59 bits per heavy atom. The second kappa shape index (κ2) is 4.84. The molecule has 2 aromatic rings. The van der Waals surface area contributed by atoms with Crippen molar-refractivity contribution in [2.24, 2.45) is 0 Å². The number of hydrogen-bond donors (Lipinski definition) is 0. The Morgan fingerprint density at radius 1 is 1.12 bits per heavy atom. The largest absolute Gasteiger partial charge is 0.0991 e. The first-order valence-electron chi connectivity index (χ1n) is 5.71. The molecular weight excluding hydrogens is 204 g/mol. The maximum absolute atomic E-state index is 4.04. The highest BCUT2D eigenvalue weighted by molar-refractivity contribution is 5.95. The van der Waals surface area contributed by atoms with Crippen LogP contribution in [0.5, 0.6) is 0 Å². The number of rotatable bonds is 3. The number of allylic oxidation sites excluding steroid dienone is 3. The standard InChI is InChI=1S/C17H16/c1-4-5-9-17-15(13(2)3)12-11-14-8-6-7-10-16(14)17/h4-12H,1-2H2,3H3. The SMILES string of the molecule is C=CC=Cc1c(C(=C)C)ccc2ccccc12. The van der Waals surface area contributed by atoms with E-state index >= 15 is 0 Å². The quantitative estimate of drug-likeness (QED) is 0.633. The van der Waals surface area contributed by atoms with Crippen LogP contribution in [0.25, 0.3) is 22.4 Å². The van der Waals surface area contributed by atoms with Gasteiger partial charge in [-0.15, -0.1) is 0 Å². The van der Waals surface area contributed by atoms with Crippen LogP contribution in [-0.4, -0.2) is 0 Å². The molecule has 17 heavy (non-hydrogen) atoms. The van der Waals surface area contributed by atoms with Crippen LogP contribution in [0.3, 0.4) is 0 Å². The number of hydrogen-bond acceptors (Lipinski definition) is 0. The molecule has 0 N–H and O–H groups in total. The van der Waals surface area contributed by atoms with Crippen molar-refractivity contribution in [3.63, 3.8) is 0 Å². The Labute approximate surface area is 103 Å². The van der Waals surface area contributed by atoms with E-state index in [0.29, 0.717) is 0 Å². The van der Waals surface area contributed by atoms with Crippen LogP contribution in [0.4, 0.5) is 0 Å². The van der Waals surface area contributed by atoms with Crippen LogP contribution >= 0.6 is 0 Å². The summed E-state index contributed by atoms with van der Waals surface area (Å²) in [6.45, 7) is 9.80. The zero-order valence-corrected chi connectivity index (χ0v) is 10.1. The first-order chi connectivity index (χ1) is 8.24. The lowest BCUT2D eigenvalue weighted by Gasteiger charge is -2.09. The molecule has 0 aromatic heterocycles. The monoisotopic (exact) mass is 220 g/mol. The smallest absolute Gasteiger partial charge is 0.0103 e. The first-order valence-corrected chi connectivity index (χ1v) is 5.71. The fraction of sp³-hybridized carbons (Fsp3) is 0.0588. The van der Waals surface area contributed by atoms with E-state index in [2.05, 4.69) is 55.6 Å². The van der Waals surface area contributed by atoms with Gasteiger partial charge in [0.1, 0.15) is 0 Å². The highest BCUT2D eigenvalue weighted by atomic mass is 14.1. The number of benzene rings is 2. The zero-order valence-electron chi connectivity index (χ0n) is 10.1. The summed E-state index contributed by atoms with van der Waals surface area (Å²) in [7, 11) is 0. The summed E-state index contributed by atoms with van der Waals surface area (Å²) in [4.78, 5) is 0. The van der Waals surface area contributed by atoms with Crippen LogP contribution in [0.1, 0.15) is 18.1 Å². The first kappa shape index (κ1) is 11.4. The van der Waals surface area contributed by atoms with Crippen molar-refractivity contribution in [3.05, 3.63) is 72.8 Å². The van der Waals surface area contributed by atoms with Crippen LogP contribution in [0.15, 0.2) is 61.7 Å². The van der Waals surface area contributed by atoms with E-state index in [-0.39, 0.29) is 0 Å². The van der Waals surface area contributed by atoms with Crippen molar-refractivity contribution < 1.29 is 0 Å². The molecule has 0 fully saturated rings. The van der Waals surface area contributed by atoms with Gasteiger partial charge in [0.15, 0.2) is 0 Å². The molecule has 0 heteroatoms. The molecule has 0 heterocycles. The van der Waals surface area contributed by atoms with Crippen molar-refractivity contribution in [1.29, 1.82) is 0 Å². The molecule has 0 atom stereocenters. The highest BCUT2D eigenvalue weighted by Gasteiger charge is 2.04. The van der Waals surface area contributed by atoms with Gasteiger partial charge in [-0.3, -0.25) is 0 Å². The van der Waals surface area contributed by atoms with Crippen LogP contribution in [0, 0.1) is 0 Å². The van der Waals surface area contributed by atoms with E-state index in [4.69, 9.17) is 0 Å². The lowest BCUT2D eigenvalue weighted by atomic mass is 9.95. The Morgan fingerprint density at radius 2 is 1.88 bits per heavy atom. The molecule has 2 rings (SSSR count). The lowest BCUT2D eigenvalue weighted by Crippen LogP contribution is -1.87. The molecule has 0 unspecified atom stereocenters. The summed E-state index contributed by atoms with van der Waals surface area (Å²) in [5.74, 6) is 0. The molecule has 0 radical (unpaired) electrons. The Kier molecular flexibility index (Phi) is 3.24. The Balaban J connectivity index is 2.79. The van der Waals surface area contributed by atoms with Gasteiger partial charge in [0.2, 0.25) is 0 Å². The topological polar surface area (TPSA) is 0 Å². The maximum Gasteiger partial charge on any atom is -0.0103 e. The van der Waals surface area contributed by atoms with Gasteiger partial charge in [-0.25, -0.2) is 0 Å². The van der Waals surface area contributed by atoms with E-state index in [1.54, 1.807) is 6.08 Å². The van der Waals surface area contributed by atoms with Gasteiger partial charge < -0.3 is 0 Å². The minimum atomic E-state index is 1.08. The predicted molar refractivity (Wildman–Crippen MR) is 77.9 cm³/mol. The van der Waals surface area contributed by atoms with Crippen molar-refractivity contribution in [2.75, 3.05) is 0 Å². The normalized spacial score (nSPS) is 10.9. The molecule has 2 aromatic carbocycles.